The zero-order valence-corrected chi connectivity index (χ0v) is 11.2. The maximum Gasteiger partial charge on any atom is 0.258 e. The summed E-state index contributed by atoms with van der Waals surface area (Å²) in [5.41, 5.74) is 0.987. The third kappa shape index (κ3) is 2.69. The van der Waals surface area contributed by atoms with Crippen molar-refractivity contribution >= 4 is 11.6 Å². The van der Waals surface area contributed by atoms with Crippen molar-refractivity contribution < 1.29 is 13.6 Å². The molecule has 0 radical (unpaired) electrons. The Hall–Kier alpha value is -3.09. The number of amides is 1. The Morgan fingerprint density at radius 3 is 2.82 bits per heavy atom. The van der Waals surface area contributed by atoms with Crippen molar-refractivity contribution in [1.29, 1.82) is 0 Å². The van der Waals surface area contributed by atoms with E-state index in [-0.39, 0.29) is 5.56 Å². The number of aromatic amines is 1. The minimum Gasteiger partial charge on any atom is -0.319 e. The fraction of sp³-hybridized carbons (Fsp3) is 0. The predicted molar refractivity (Wildman–Crippen MR) is 76.1 cm³/mol. The summed E-state index contributed by atoms with van der Waals surface area (Å²) in [5.74, 6) is -2.26. The largest absolute Gasteiger partial charge is 0.319 e. The van der Waals surface area contributed by atoms with Gasteiger partial charge in [0, 0.05) is 6.20 Å². The molecule has 2 heterocycles. The van der Waals surface area contributed by atoms with Gasteiger partial charge in [-0.3, -0.25) is 14.9 Å². The van der Waals surface area contributed by atoms with Crippen LogP contribution in [0.2, 0.25) is 0 Å². The second-order valence-electron chi connectivity index (χ2n) is 4.45. The Labute approximate surface area is 124 Å². The number of benzene rings is 1. The number of hydrogen-bond donors (Lipinski definition) is 2. The van der Waals surface area contributed by atoms with E-state index in [1.54, 1.807) is 24.4 Å². The molecular formula is C15H10F2N4O. The summed E-state index contributed by atoms with van der Waals surface area (Å²) in [6.45, 7) is 0. The predicted octanol–water partition coefficient (Wildman–Crippen LogP) is 3.00. The van der Waals surface area contributed by atoms with Crippen LogP contribution < -0.4 is 5.32 Å². The van der Waals surface area contributed by atoms with Crippen molar-refractivity contribution in [3.05, 3.63) is 66.0 Å². The van der Waals surface area contributed by atoms with E-state index < -0.39 is 17.5 Å². The Morgan fingerprint density at radius 2 is 2.05 bits per heavy atom. The lowest BCUT2D eigenvalue weighted by Gasteiger charge is -2.06. The van der Waals surface area contributed by atoms with Crippen LogP contribution in [0.3, 0.4) is 0 Å². The molecule has 0 saturated heterocycles. The van der Waals surface area contributed by atoms with Crippen LogP contribution in [0.5, 0.6) is 0 Å². The first kappa shape index (κ1) is 13.9. The maximum atomic E-state index is 13.6. The molecule has 0 bridgehead atoms. The second-order valence-corrected chi connectivity index (χ2v) is 4.45. The van der Waals surface area contributed by atoms with Crippen molar-refractivity contribution in [2.45, 2.75) is 0 Å². The third-order valence-corrected chi connectivity index (χ3v) is 2.98. The molecule has 0 saturated carbocycles. The highest BCUT2D eigenvalue weighted by Gasteiger charge is 2.16. The smallest absolute Gasteiger partial charge is 0.258 e. The van der Waals surface area contributed by atoms with Crippen molar-refractivity contribution in [2.24, 2.45) is 0 Å². The first-order chi connectivity index (χ1) is 10.6. The lowest BCUT2D eigenvalue weighted by Crippen LogP contribution is -2.14. The van der Waals surface area contributed by atoms with Crippen LogP contribution >= 0.6 is 0 Å². The SMILES string of the molecule is O=C(Nc1cn[nH]c1-c1ccccn1)c1cc(F)ccc1F. The average molecular weight is 300 g/mol. The van der Waals surface area contributed by atoms with E-state index in [0.29, 0.717) is 17.1 Å². The number of hydrogen-bond acceptors (Lipinski definition) is 3. The lowest BCUT2D eigenvalue weighted by atomic mass is 10.2. The highest BCUT2D eigenvalue weighted by molar-refractivity contribution is 6.05. The monoisotopic (exact) mass is 300 g/mol. The van der Waals surface area contributed by atoms with Gasteiger partial charge in [0.05, 0.1) is 23.1 Å². The van der Waals surface area contributed by atoms with Crippen LogP contribution in [0.4, 0.5) is 14.5 Å². The molecule has 2 aromatic heterocycles. The summed E-state index contributed by atoms with van der Waals surface area (Å²) in [4.78, 5) is 16.2. The van der Waals surface area contributed by atoms with E-state index in [9.17, 15) is 13.6 Å². The van der Waals surface area contributed by atoms with E-state index in [4.69, 9.17) is 0 Å². The number of carbonyl (C=O) groups excluding carboxylic acids is 1. The van der Waals surface area contributed by atoms with E-state index in [1.165, 1.54) is 6.20 Å². The van der Waals surface area contributed by atoms with Crippen LogP contribution in [-0.4, -0.2) is 21.1 Å². The molecule has 3 rings (SSSR count). The maximum absolute atomic E-state index is 13.6. The second kappa shape index (κ2) is 5.72. The first-order valence-corrected chi connectivity index (χ1v) is 6.36. The van der Waals surface area contributed by atoms with E-state index >= 15 is 0 Å². The number of pyridine rings is 1. The number of carbonyl (C=O) groups is 1. The third-order valence-electron chi connectivity index (χ3n) is 2.98. The van der Waals surface area contributed by atoms with E-state index in [1.807, 2.05) is 0 Å². The van der Waals surface area contributed by atoms with E-state index in [2.05, 4.69) is 20.5 Å². The minimum atomic E-state index is -0.804. The molecule has 2 N–H and O–H groups in total. The molecule has 7 heteroatoms. The molecule has 110 valence electrons. The van der Waals surface area contributed by atoms with Gasteiger partial charge in [-0.2, -0.15) is 5.10 Å². The summed E-state index contributed by atoms with van der Waals surface area (Å²) in [5, 5.41) is 9.04. The molecule has 0 fully saturated rings. The zero-order chi connectivity index (χ0) is 15.5. The number of halogens is 2. The number of anilines is 1. The van der Waals surface area contributed by atoms with Crippen LogP contribution in [0.1, 0.15) is 10.4 Å². The molecule has 0 aliphatic carbocycles. The standard InChI is InChI=1S/C15H10F2N4O/c16-9-4-5-11(17)10(7-9)15(22)20-13-8-19-21-14(13)12-3-1-2-6-18-12/h1-8H,(H,19,21)(H,20,22). The topological polar surface area (TPSA) is 70.7 Å². The summed E-state index contributed by atoms with van der Waals surface area (Å²) in [6.07, 6.45) is 2.97. The molecule has 0 atom stereocenters. The van der Waals surface area contributed by atoms with Gasteiger partial charge < -0.3 is 5.32 Å². The quantitative estimate of drug-likeness (QED) is 0.781. The average Bonchev–Trinajstić information content (AvgIpc) is 2.98. The number of rotatable bonds is 3. The van der Waals surface area contributed by atoms with Crippen molar-refractivity contribution in [2.75, 3.05) is 5.32 Å². The molecule has 5 nitrogen and oxygen atoms in total. The lowest BCUT2D eigenvalue weighted by molar-refractivity contribution is 0.102. The molecular weight excluding hydrogens is 290 g/mol. The Bertz CT molecular complexity index is 817. The van der Waals surface area contributed by atoms with E-state index in [0.717, 1.165) is 18.2 Å². The van der Waals surface area contributed by atoms with Gasteiger partial charge in [0.25, 0.3) is 5.91 Å². The van der Waals surface area contributed by atoms with Gasteiger partial charge in [-0.1, -0.05) is 6.07 Å². The number of nitrogens with one attached hydrogen (secondary N) is 2. The van der Waals surface area contributed by atoms with Gasteiger partial charge in [0.2, 0.25) is 0 Å². The van der Waals surface area contributed by atoms with Crippen molar-refractivity contribution in [3.8, 4) is 11.4 Å². The summed E-state index contributed by atoms with van der Waals surface area (Å²) < 4.78 is 26.8. The highest BCUT2D eigenvalue weighted by atomic mass is 19.1. The number of nitrogens with zero attached hydrogens (tertiary/aromatic N) is 2. The Kier molecular flexibility index (Phi) is 3.61. The van der Waals surface area contributed by atoms with Crippen LogP contribution in [0, 0.1) is 11.6 Å². The zero-order valence-electron chi connectivity index (χ0n) is 11.2. The minimum absolute atomic E-state index is 0.326. The van der Waals surface area contributed by atoms with Gasteiger partial charge in [-0.25, -0.2) is 8.78 Å². The van der Waals surface area contributed by atoms with Gasteiger partial charge in [0.15, 0.2) is 0 Å². The Morgan fingerprint density at radius 1 is 1.18 bits per heavy atom. The normalized spacial score (nSPS) is 10.5. The molecule has 1 aromatic carbocycles. The molecule has 3 aromatic rings. The summed E-state index contributed by atoms with van der Waals surface area (Å²) in [6, 6.07) is 7.95. The van der Waals surface area contributed by atoms with Gasteiger partial charge in [-0.15, -0.1) is 0 Å². The summed E-state index contributed by atoms with van der Waals surface area (Å²) in [7, 11) is 0. The molecule has 22 heavy (non-hydrogen) atoms. The summed E-state index contributed by atoms with van der Waals surface area (Å²) >= 11 is 0. The molecule has 0 aliphatic heterocycles. The van der Waals surface area contributed by atoms with Crippen LogP contribution in [-0.2, 0) is 0 Å². The van der Waals surface area contributed by atoms with Crippen molar-refractivity contribution in [3.63, 3.8) is 0 Å². The molecule has 0 spiro atoms. The van der Waals surface area contributed by atoms with Gasteiger partial charge in [-0.05, 0) is 30.3 Å². The Balaban J connectivity index is 1.90. The number of H-pyrrole nitrogens is 1. The van der Waals surface area contributed by atoms with Gasteiger partial charge in [0.1, 0.15) is 17.3 Å². The van der Waals surface area contributed by atoms with Crippen molar-refractivity contribution in [1.82, 2.24) is 15.2 Å². The fourth-order valence-corrected chi connectivity index (χ4v) is 1.95. The van der Waals surface area contributed by atoms with Gasteiger partial charge >= 0.3 is 0 Å². The highest BCUT2D eigenvalue weighted by Crippen LogP contribution is 2.24. The first-order valence-electron chi connectivity index (χ1n) is 6.36. The fourth-order valence-electron chi connectivity index (χ4n) is 1.95. The molecule has 0 aliphatic rings. The number of aromatic nitrogens is 3. The molecule has 0 unspecified atom stereocenters. The molecule has 1 amide bonds. The van der Waals surface area contributed by atoms with Crippen LogP contribution in [0.25, 0.3) is 11.4 Å². The van der Waals surface area contributed by atoms with Crippen LogP contribution in [0.15, 0.2) is 48.8 Å².